The summed E-state index contributed by atoms with van der Waals surface area (Å²) >= 11 is 6.11. The van der Waals surface area contributed by atoms with E-state index in [1.807, 2.05) is 25.1 Å². The third-order valence-corrected chi connectivity index (χ3v) is 3.02. The van der Waals surface area contributed by atoms with Crippen molar-refractivity contribution < 1.29 is 4.74 Å². The predicted molar refractivity (Wildman–Crippen MR) is 70.3 cm³/mol. The van der Waals surface area contributed by atoms with Crippen LogP contribution < -0.4 is 4.74 Å². The van der Waals surface area contributed by atoms with Crippen molar-refractivity contribution in [2.24, 2.45) is 11.8 Å². The molecular weight excluding hydrogens is 234 g/mol. The molecule has 0 amide bonds. The highest BCUT2D eigenvalue weighted by molar-refractivity contribution is 6.32. The standard InChI is InChI=1S/C14H18ClNO/c1-4-17-14-6-5-11(8-13(14)15)7-12(9-16)10(2)3/h5-6,8,10,12H,4,7H2,1-3H3. The zero-order chi connectivity index (χ0) is 12.8. The lowest BCUT2D eigenvalue weighted by Gasteiger charge is -2.13. The summed E-state index contributed by atoms with van der Waals surface area (Å²) in [5, 5.41) is 9.67. The Morgan fingerprint density at radius 3 is 2.59 bits per heavy atom. The molecule has 0 N–H and O–H groups in total. The minimum atomic E-state index is 0.0315. The van der Waals surface area contributed by atoms with Crippen LogP contribution in [0.3, 0.4) is 0 Å². The topological polar surface area (TPSA) is 33.0 Å². The summed E-state index contributed by atoms with van der Waals surface area (Å²) in [6.45, 7) is 6.65. The average Bonchev–Trinajstić information content (AvgIpc) is 2.29. The van der Waals surface area contributed by atoms with E-state index in [1.165, 1.54) is 0 Å². The Balaban J connectivity index is 2.80. The maximum Gasteiger partial charge on any atom is 0.137 e. The minimum absolute atomic E-state index is 0.0315. The lowest BCUT2D eigenvalue weighted by molar-refractivity contribution is 0.340. The molecule has 0 bridgehead atoms. The van der Waals surface area contributed by atoms with Crippen molar-refractivity contribution in [1.29, 1.82) is 5.26 Å². The summed E-state index contributed by atoms with van der Waals surface area (Å²) < 4.78 is 5.37. The van der Waals surface area contributed by atoms with Gasteiger partial charge < -0.3 is 4.74 Å². The van der Waals surface area contributed by atoms with Gasteiger partial charge in [-0.05, 0) is 37.0 Å². The van der Waals surface area contributed by atoms with E-state index >= 15 is 0 Å². The number of hydrogen-bond acceptors (Lipinski definition) is 2. The fourth-order valence-electron chi connectivity index (χ4n) is 1.63. The average molecular weight is 252 g/mol. The summed E-state index contributed by atoms with van der Waals surface area (Å²) in [7, 11) is 0. The van der Waals surface area contributed by atoms with E-state index in [1.54, 1.807) is 0 Å². The van der Waals surface area contributed by atoms with Crippen molar-refractivity contribution in [3.63, 3.8) is 0 Å². The van der Waals surface area contributed by atoms with Gasteiger partial charge >= 0.3 is 0 Å². The Kier molecular flexibility index (Phi) is 5.31. The molecule has 1 unspecified atom stereocenters. The number of rotatable bonds is 5. The van der Waals surface area contributed by atoms with E-state index in [9.17, 15) is 0 Å². The van der Waals surface area contributed by atoms with Crippen LogP contribution in [0.25, 0.3) is 0 Å². The van der Waals surface area contributed by atoms with E-state index in [4.69, 9.17) is 21.6 Å². The minimum Gasteiger partial charge on any atom is -0.492 e. The zero-order valence-electron chi connectivity index (χ0n) is 10.5. The van der Waals surface area contributed by atoms with Gasteiger partial charge in [-0.1, -0.05) is 31.5 Å². The molecule has 1 aromatic rings. The van der Waals surface area contributed by atoms with Gasteiger partial charge in [-0.15, -0.1) is 0 Å². The molecule has 2 nitrogen and oxygen atoms in total. The highest BCUT2D eigenvalue weighted by atomic mass is 35.5. The van der Waals surface area contributed by atoms with Crippen molar-refractivity contribution in [2.75, 3.05) is 6.61 Å². The second-order valence-corrected chi connectivity index (χ2v) is 4.79. The molecule has 0 fully saturated rings. The van der Waals surface area contributed by atoms with E-state index in [0.29, 0.717) is 23.3 Å². The maximum absolute atomic E-state index is 9.06. The van der Waals surface area contributed by atoms with Gasteiger partial charge in [0.2, 0.25) is 0 Å². The molecule has 0 aromatic heterocycles. The Hall–Kier alpha value is -1.20. The molecule has 0 aliphatic heterocycles. The van der Waals surface area contributed by atoms with Crippen LogP contribution in [0.5, 0.6) is 5.75 Å². The largest absolute Gasteiger partial charge is 0.492 e. The molecule has 1 aromatic carbocycles. The normalized spacial score (nSPS) is 12.2. The molecule has 1 rings (SSSR count). The van der Waals surface area contributed by atoms with Gasteiger partial charge in [-0.3, -0.25) is 0 Å². The lowest BCUT2D eigenvalue weighted by Crippen LogP contribution is -2.09. The van der Waals surface area contributed by atoms with Gasteiger partial charge in [0, 0.05) is 0 Å². The Morgan fingerprint density at radius 1 is 1.41 bits per heavy atom. The fraction of sp³-hybridized carbons (Fsp3) is 0.500. The van der Waals surface area contributed by atoms with Crippen molar-refractivity contribution in [3.8, 4) is 11.8 Å². The first-order valence-corrected chi connectivity index (χ1v) is 6.27. The number of ether oxygens (including phenoxy) is 1. The van der Waals surface area contributed by atoms with Crippen LogP contribution in [-0.4, -0.2) is 6.61 Å². The summed E-state index contributed by atoms with van der Waals surface area (Å²) in [5.41, 5.74) is 1.08. The van der Waals surface area contributed by atoms with Crippen LogP contribution in [0.2, 0.25) is 5.02 Å². The van der Waals surface area contributed by atoms with Crippen molar-refractivity contribution in [2.45, 2.75) is 27.2 Å². The van der Waals surface area contributed by atoms with Crippen molar-refractivity contribution >= 4 is 11.6 Å². The first kappa shape index (κ1) is 13.9. The van der Waals surface area contributed by atoms with E-state index < -0.39 is 0 Å². The van der Waals surface area contributed by atoms with Crippen LogP contribution >= 0.6 is 11.6 Å². The summed E-state index contributed by atoms with van der Waals surface area (Å²) in [4.78, 5) is 0. The maximum atomic E-state index is 9.06. The lowest BCUT2D eigenvalue weighted by atomic mass is 9.90. The summed E-state index contributed by atoms with van der Waals surface area (Å²) in [5.74, 6) is 1.09. The Bertz CT molecular complexity index is 409. The molecule has 3 heteroatoms. The highest BCUT2D eigenvalue weighted by Crippen LogP contribution is 2.27. The van der Waals surface area contributed by atoms with Crippen LogP contribution in [0.15, 0.2) is 18.2 Å². The van der Waals surface area contributed by atoms with Crippen LogP contribution in [0.1, 0.15) is 26.3 Å². The van der Waals surface area contributed by atoms with Crippen LogP contribution in [0, 0.1) is 23.2 Å². The second kappa shape index (κ2) is 6.51. The van der Waals surface area contributed by atoms with E-state index in [2.05, 4.69) is 19.9 Å². The van der Waals surface area contributed by atoms with E-state index in [-0.39, 0.29) is 5.92 Å². The van der Waals surface area contributed by atoms with Gasteiger partial charge in [-0.25, -0.2) is 0 Å². The van der Waals surface area contributed by atoms with Gasteiger partial charge in [-0.2, -0.15) is 5.26 Å². The molecule has 0 radical (unpaired) electrons. The highest BCUT2D eigenvalue weighted by Gasteiger charge is 2.14. The first-order valence-electron chi connectivity index (χ1n) is 5.89. The SMILES string of the molecule is CCOc1ccc(CC(C#N)C(C)C)cc1Cl. The van der Waals surface area contributed by atoms with Crippen molar-refractivity contribution in [1.82, 2.24) is 0 Å². The van der Waals surface area contributed by atoms with E-state index in [0.717, 1.165) is 12.0 Å². The first-order chi connectivity index (χ1) is 8.08. The Morgan fingerprint density at radius 2 is 2.12 bits per heavy atom. The smallest absolute Gasteiger partial charge is 0.137 e. The number of benzene rings is 1. The zero-order valence-corrected chi connectivity index (χ0v) is 11.3. The second-order valence-electron chi connectivity index (χ2n) is 4.38. The predicted octanol–water partition coefficient (Wildman–Crippen LogP) is 4.08. The van der Waals surface area contributed by atoms with Crippen LogP contribution in [-0.2, 0) is 6.42 Å². The van der Waals surface area contributed by atoms with Gasteiger partial charge in [0.1, 0.15) is 5.75 Å². The number of hydrogen-bond donors (Lipinski definition) is 0. The van der Waals surface area contributed by atoms with Gasteiger partial charge in [0.25, 0.3) is 0 Å². The third-order valence-electron chi connectivity index (χ3n) is 2.72. The van der Waals surface area contributed by atoms with Gasteiger partial charge in [0.15, 0.2) is 0 Å². The summed E-state index contributed by atoms with van der Waals surface area (Å²) in [6.07, 6.45) is 0.736. The summed E-state index contributed by atoms with van der Waals surface area (Å²) in [6, 6.07) is 8.07. The molecule has 17 heavy (non-hydrogen) atoms. The molecule has 92 valence electrons. The molecule has 0 aliphatic carbocycles. The molecule has 0 heterocycles. The van der Waals surface area contributed by atoms with Crippen LogP contribution in [0.4, 0.5) is 0 Å². The number of nitriles is 1. The number of nitrogens with zero attached hydrogens (tertiary/aromatic N) is 1. The molecule has 0 saturated carbocycles. The monoisotopic (exact) mass is 251 g/mol. The molecular formula is C14H18ClNO. The Labute approximate surface area is 108 Å². The third kappa shape index (κ3) is 3.94. The quantitative estimate of drug-likeness (QED) is 0.790. The molecule has 0 aliphatic rings. The molecule has 0 saturated heterocycles. The number of halogens is 1. The fourth-order valence-corrected chi connectivity index (χ4v) is 1.89. The molecule has 0 spiro atoms. The molecule has 1 atom stereocenters. The van der Waals surface area contributed by atoms with Gasteiger partial charge in [0.05, 0.1) is 23.6 Å². The van der Waals surface area contributed by atoms with Crippen molar-refractivity contribution in [3.05, 3.63) is 28.8 Å².